The molecule has 0 aliphatic rings. The largest absolute Gasteiger partial charge is 0.447 e. The highest BCUT2D eigenvalue weighted by Crippen LogP contribution is 2.08. The summed E-state index contributed by atoms with van der Waals surface area (Å²) in [6.45, 7) is 11.2. The van der Waals surface area contributed by atoms with E-state index >= 15 is 0 Å². The first-order valence-corrected chi connectivity index (χ1v) is 10.1. The van der Waals surface area contributed by atoms with Gasteiger partial charge in [-0.25, -0.2) is 9.78 Å². The second kappa shape index (κ2) is 11.6. The Balaban J connectivity index is 2.73. The van der Waals surface area contributed by atoms with E-state index in [1.165, 1.54) is 0 Å². The molecule has 8 nitrogen and oxygen atoms in total. The maximum absolute atomic E-state index is 12.8. The van der Waals surface area contributed by atoms with E-state index < -0.39 is 12.1 Å². The molecule has 162 valence electrons. The molecule has 0 aliphatic heterocycles. The predicted octanol–water partition coefficient (Wildman–Crippen LogP) is 2.76. The van der Waals surface area contributed by atoms with Gasteiger partial charge in [0, 0.05) is 12.6 Å². The second-order valence-corrected chi connectivity index (χ2v) is 8.12. The fourth-order valence-electron chi connectivity index (χ4n) is 2.46. The van der Waals surface area contributed by atoms with Crippen molar-refractivity contribution in [3.8, 4) is 0 Å². The predicted molar refractivity (Wildman–Crippen MR) is 112 cm³/mol. The number of nitrogens with zero attached hydrogens (tertiary/aromatic N) is 1. The first-order valence-electron chi connectivity index (χ1n) is 9.69. The minimum Gasteiger partial charge on any atom is -0.447 e. The van der Waals surface area contributed by atoms with Crippen molar-refractivity contribution in [1.82, 2.24) is 20.9 Å². The molecule has 0 saturated carbocycles. The topological polar surface area (TPSA) is 109 Å². The van der Waals surface area contributed by atoms with Gasteiger partial charge in [0.25, 0.3) is 5.91 Å². The van der Waals surface area contributed by atoms with Crippen molar-refractivity contribution in [3.63, 3.8) is 0 Å². The maximum atomic E-state index is 12.8. The summed E-state index contributed by atoms with van der Waals surface area (Å²) < 4.78 is 5.07. The molecule has 2 atom stereocenters. The molecule has 0 unspecified atom stereocenters. The molecule has 0 bridgehead atoms. The summed E-state index contributed by atoms with van der Waals surface area (Å²) in [7, 11) is 0. The Morgan fingerprint density at radius 1 is 1.03 bits per heavy atom. The third-order valence-corrected chi connectivity index (χ3v) is 4.34. The van der Waals surface area contributed by atoms with Gasteiger partial charge in [0.05, 0.1) is 6.10 Å². The number of carbonyl (C=O) groups excluding carboxylic acids is 3. The standard InChI is InChI=1S/C20H31ClN4O4/c1-11(2)15(10-22-18(26)14-8-7-9-16(21)23-14)24-19(27)17(12(3)4)25-20(28)29-13(5)6/h7-9,11-13,15,17H,10H2,1-6H3,(H,22,26)(H,24,27)(H,25,28)/t15-,17+/m1/s1. The zero-order valence-electron chi connectivity index (χ0n) is 17.8. The molecule has 9 heteroatoms. The Labute approximate surface area is 177 Å². The van der Waals surface area contributed by atoms with Crippen LogP contribution < -0.4 is 16.0 Å². The fourth-order valence-corrected chi connectivity index (χ4v) is 2.63. The van der Waals surface area contributed by atoms with Gasteiger partial charge in [-0.1, -0.05) is 45.4 Å². The first-order chi connectivity index (χ1) is 13.5. The highest BCUT2D eigenvalue weighted by molar-refractivity contribution is 6.29. The number of hydrogen-bond acceptors (Lipinski definition) is 5. The molecule has 1 aromatic heterocycles. The highest BCUT2D eigenvalue weighted by atomic mass is 35.5. The van der Waals surface area contributed by atoms with Crippen LogP contribution in [0.3, 0.4) is 0 Å². The number of amides is 3. The zero-order chi connectivity index (χ0) is 22.1. The van der Waals surface area contributed by atoms with Crippen LogP contribution in [0, 0.1) is 11.8 Å². The van der Waals surface area contributed by atoms with E-state index in [-0.39, 0.29) is 53.2 Å². The number of nitrogens with one attached hydrogen (secondary N) is 3. The van der Waals surface area contributed by atoms with E-state index in [0.29, 0.717) is 0 Å². The van der Waals surface area contributed by atoms with Crippen molar-refractivity contribution in [2.75, 3.05) is 6.54 Å². The number of pyridine rings is 1. The van der Waals surface area contributed by atoms with Crippen LogP contribution in [0.4, 0.5) is 4.79 Å². The van der Waals surface area contributed by atoms with E-state index in [9.17, 15) is 14.4 Å². The van der Waals surface area contributed by atoms with Crippen LogP contribution in [0.2, 0.25) is 5.15 Å². The van der Waals surface area contributed by atoms with Crippen molar-refractivity contribution in [1.29, 1.82) is 0 Å². The average molecular weight is 427 g/mol. The van der Waals surface area contributed by atoms with Gasteiger partial charge in [-0.2, -0.15) is 0 Å². The van der Waals surface area contributed by atoms with Crippen LogP contribution in [-0.2, 0) is 9.53 Å². The first kappa shape index (κ1) is 24.7. The van der Waals surface area contributed by atoms with Gasteiger partial charge in [-0.15, -0.1) is 0 Å². The summed E-state index contributed by atoms with van der Waals surface area (Å²) in [5.74, 6) is -0.823. The van der Waals surface area contributed by atoms with Crippen LogP contribution in [0.15, 0.2) is 18.2 Å². The zero-order valence-corrected chi connectivity index (χ0v) is 18.5. The molecule has 1 rings (SSSR count). The fraction of sp³-hybridized carbons (Fsp3) is 0.600. The van der Waals surface area contributed by atoms with E-state index in [1.54, 1.807) is 32.0 Å². The van der Waals surface area contributed by atoms with Gasteiger partial charge in [0.15, 0.2) is 0 Å². The van der Waals surface area contributed by atoms with Crippen LogP contribution >= 0.6 is 11.6 Å². The van der Waals surface area contributed by atoms with E-state index in [4.69, 9.17) is 16.3 Å². The Hall–Kier alpha value is -2.35. The molecular weight excluding hydrogens is 396 g/mol. The van der Waals surface area contributed by atoms with Crippen LogP contribution in [0.1, 0.15) is 52.0 Å². The lowest BCUT2D eigenvalue weighted by molar-refractivity contribution is -0.125. The van der Waals surface area contributed by atoms with Crippen molar-refractivity contribution in [2.45, 2.75) is 59.7 Å². The molecule has 1 heterocycles. The van der Waals surface area contributed by atoms with Crippen molar-refractivity contribution >= 4 is 29.5 Å². The molecular formula is C20H31ClN4O4. The molecule has 0 aromatic carbocycles. The molecule has 3 amide bonds. The number of halogens is 1. The van der Waals surface area contributed by atoms with Gasteiger partial charge < -0.3 is 20.7 Å². The van der Waals surface area contributed by atoms with Gasteiger partial charge in [-0.3, -0.25) is 9.59 Å². The smallest absolute Gasteiger partial charge is 0.408 e. The number of rotatable bonds is 9. The SMILES string of the molecule is CC(C)OC(=O)N[C@H](C(=O)N[C@H](CNC(=O)c1cccc(Cl)n1)C(C)C)C(C)C. The Morgan fingerprint density at radius 3 is 2.21 bits per heavy atom. The molecule has 0 saturated heterocycles. The Bertz CT molecular complexity index is 709. The number of carbonyl (C=O) groups is 3. The third kappa shape index (κ3) is 8.68. The molecule has 1 aromatic rings. The lowest BCUT2D eigenvalue weighted by Gasteiger charge is -2.27. The maximum Gasteiger partial charge on any atom is 0.408 e. The summed E-state index contributed by atoms with van der Waals surface area (Å²) in [5.41, 5.74) is 0.199. The molecule has 0 radical (unpaired) electrons. The molecule has 0 aliphatic carbocycles. The minimum absolute atomic E-state index is 0.0435. The van der Waals surface area contributed by atoms with Crippen molar-refractivity contribution in [3.05, 3.63) is 29.0 Å². The van der Waals surface area contributed by atoms with Crippen LogP contribution in [0.25, 0.3) is 0 Å². The lowest BCUT2D eigenvalue weighted by Crippen LogP contribution is -2.55. The summed E-state index contributed by atoms with van der Waals surface area (Å²) in [6.07, 6.45) is -0.931. The van der Waals surface area contributed by atoms with Crippen molar-refractivity contribution in [2.24, 2.45) is 11.8 Å². The number of ether oxygens (including phenoxy) is 1. The number of hydrogen-bond donors (Lipinski definition) is 3. The summed E-state index contributed by atoms with van der Waals surface area (Å²) in [6, 6.07) is 3.69. The van der Waals surface area contributed by atoms with Gasteiger partial charge in [-0.05, 0) is 37.8 Å². The molecule has 29 heavy (non-hydrogen) atoms. The van der Waals surface area contributed by atoms with Gasteiger partial charge >= 0.3 is 6.09 Å². The lowest BCUT2D eigenvalue weighted by atomic mass is 10.00. The van der Waals surface area contributed by atoms with Crippen LogP contribution in [-0.4, -0.2) is 47.6 Å². The monoisotopic (exact) mass is 426 g/mol. The van der Waals surface area contributed by atoms with E-state index in [2.05, 4.69) is 20.9 Å². The molecule has 0 fully saturated rings. The second-order valence-electron chi connectivity index (χ2n) is 7.73. The molecule has 3 N–H and O–H groups in total. The van der Waals surface area contributed by atoms with Gasteiger partial charge in [0.2, 0.25) is 5.91 Å². The summed E-state index contributed by atoms with van der Waals surface area (Å²) >= 11 is 5.82. The van der Waals surface area contributed by atoms with E-state index in [1.807, 2.05) is 27.7 Å². The third-order valence-electron chi connectivity index (χ3n) is 4.13. The average Bonchev–Trinajstić information content (AvgIpc) is 2.61. The van der Waals surface area contributed by atoms with Gasteiger partial charge in [0.1, 0.15) is 16.9 Å². The highest BCUT2D eigenvalue weighted by Gasteiger charge is 2.28. The van der Waals surface area contributed by atoms with Crippen LogP contribution in [0.5, 0.6) is 0 Å². The number of alkyl carbamates (subject to hydrolysis) is 1. The molecule has 0 spiro atoms. The Morgan fingerprint density at radius 2 is 1.69 bits per heavy atom. The number of aromatic nitrogens is 1. The summed E-state index contributed by atoms with van der Waals surface area (Å²) in [4.78, 5) is 40.9. The Kier molecular flexibility index (Phi) is 9.88. The summed E-state index contributed by atoms with van der Waals surface area (Å²) in [5, 5.41) is 8.50. The minimum atomic E-state index is -0.757. The quantitative estimate of drug-likeness (QED) is 0.526. The van der Waals surface area contributed by atoms with Crippen molar-refractivity contribution < 1.29 is 19.1 Å². The van der Waals surface area contributed by atoms with E-state index in [0.717, 1.165) is 0 Å². The normalized spacial score (nSPS) is 13.2.